The number of aromatic nitrogens is 1. The summed E-state index contributed by atoms with van der Waals surface area (Å²) in [5.74, 6) is 0.895. The second-order valence-corrected chi connectivity index (χ2v) is 5.43. The number of ether oxygens (including phenoxy) is 1. The van der Waals surface area contributed by atoms with Gasteiger partial charge in [0.1, 0.15) is 5.82 Å². The maximum Gasteiger partial charge on any atom is 0.173 e. The fraction of sp³-hybridized carbons (Fsp3) is 0.600. The van der Waals surface area contributed by atoms with E-state index in [2.05, 4.69) is 5.16 Å². The van der Waals surface area contributed by atoms with E-state index in [1.807, 2.05) is 18.0 Å². The summed E-state index contributed by atoms with van der Waals surface area (Å²) >= 11 is 0. The highest BCUT2D eigenvalue weighted by Crippen LogP contribution is 2.26. The predicted octanol–water partition coefficient (Wildman–Crippen LogP) is 1.53. The van der Waals surface area contributed by atoms with Crippen molar-refractivity contribution in [1.29, 1.82) is 0 Å². The molecule has 0 amide bonds. The number of oxime groups is 1. The highest BCUT2D eigenvalue weighted by atomic mass is 16.5. The predicted molar refractivity (Wildman–Crippen MR) is 83.2 cm³/mol. The molecule has 0 fully saturated rings. The lowest BCUT2D eigenvalue weighted by atomic mass is 9.94. The smallest absolute Gasteiger partial charge is 0.173 e. The molecule has 0 saturated heterocycles. The van der Waals surface area contributed by atoms with Crippen molar-refractivity contribution in [2.24, 2.45) is 10.9 Å². The standard InChI is InChI=1S/C15H24N4O2/c1-19(8-5-9-21-2)15-12(14(16)18-20)10-11-6-3-4-7-13(11)17-15/h10,20H,3-9H2,1-2H3,(H2,16,18). The molecule has 0 bridgehead atoms. The van der Waals surface area contributed by atoms with Crippen LogP contribution < -0.4 is 10.6 Å². The summed E-state index contributed by atoms with van der Waals surface area (Å²) in [5, 5.41) is 12.2. The Morgan fingerprint density at radius 1 is 1.48 bits per heavy atom. The lowest BCUT2D eigenvalue weighted by Crippen LogP contribution is -2.27. The molecular formula is C15H24N4O2. The van der Waals surface area contributed by atoms with Gasteiger partial charge in [-0.1, -0.05) is 5.16 Å². The highest BCUT2D eigenvalue weighted by Gasteiger charge is 2.19. The van der Waals surface area contributed by atoms with E-state index in [-0.39, 0.29) is 5.84 Å². The minimum absolute atomic E-state index is 0.115. The zero-order valence-corrected chi connectivity index (χ0v) is 12.8. The third-order valence-corrected chi connectivity index (χ3v) is 3.87. The first-order valence-corrected chi connectivity index (χ1v) is 7.38. The molecular weight excluding hydrogens is 268 g/mol. The summed E-state index contributed by atoms with van der Waals surface area (Å²) in [4.78, 5) is 6.82. The molecule has 0 atom stereocenters. The van der Waals surface area contributed by atoms with Crippen molar-refractivity contribution in [3.05, 3.63) is 22.9 Å². The number of rotatable bonds is 6. The zero-order chi connectivity index (χ0) is 15.2. The maximum atomic E-state index is 9.01. The molecule has 1 aromatic heterocycles. The van der Waals surface area contributed by atoms with Crippen LogP contribution in [0.25, 0.3) is 0 Å². The Hall–Kier alpha value is -1.82. The summed E-state index contributed by atoms with van der Waals surface area (Å²) in [6.07, 6.45) is 5.27. The van der Waals surface area contributed by atoms with Crippen LogP contribution in [0.15, 0.2) is 11.2 Å². The Labute approximate surface area is 125 Å². The van der Waals surface area contributed by atoms with Gasteiger partial charge in [-0.15, -0.1) is 0 Å². The summed E-state index contributed by atoms with van der Waals surface area (Å²) in [6, 6.07) is 2.03. The molecule has 0 saturated carbocycles. The number of hydrogen-bond acceptors (Lipinski definition) is 5. The minimum atomic E-state index is 0.115. The minimum Gasteiger partial charge on any atom is -0.409 e. The normalized spacial score (nSPS) is 14.9. The van der Waals surface area contributed by atoms with Gasteiger partial charge in [0.2, 0.25) is 0 Å². The monoisotopic (exact) mass is 292 g/mol. The molecule has 0 aromatic carbocycles. The molecule has 21 heavy (non-hydrogen) atoms. The quantitative estimate of drug-likeness (QED) is 0.273. The van der Waals surface area contributed by atoms with Crippen LogP contribution in [0.1, 0.15) is 36.1 Å². The first-order chi connectivity index (χ1) is 10.2. The highest BCUT2D eigenvalue weighted by molar-refractivity contribution is 6.01. The summed E-state index contributed by atoms with van der Waals surface area (Å²) in [5.41, 5.74) is 8.90. The van der Waals surface area contributed by atoms with Crippen LogP contribution in [0.3, 0.4) is 0 Å². The first kappa shape index (κ1) is 15.6. The lowest BCUT2D eigenvalue weighted by Gasteiger charge is -2.24. The molecule has 2 rings (SSSR count). The maximum absolute atomic E-state index is 9.01. The van der Waals surface area contributed by atoms with E-state index in [9.17, 15) is 0 Å². The topological polar surface area (TPSA) is 84.0 Å². The average Bonchev–Trinajstić information content (AvgIpc) is 2.53. The van der Waals surface area contributed by atoms with E-state index in [0.29, 0.717) is 12.2 Å². The molecule has 6 heteroatoms. The van der Waals surface area contributed by atoms with Crippen LogP contribution in [-0.2, 0) is 17.6 Å². The van der Waals surface area contributed by atoms with E-state index < -0.39 is 0 Å². The Balaban J connectivity index is 2.32. The van der Waals surface area contributed by atoms with Crippen molar-refractivity contribution in [2.45, 2.75) is 32.1 Å². The molecule has 0 aliphatic heterocycles. The molecule has 3 N–H and O–H groups in total. The Kier molecular flexibility index (Phi) is 5.38. The Bertz CT molecular complexity index is 517. The molecule has 0 unspecified atom stereocenters. The van der Waals surface area contributed by atoms with Crippen LogP contribution in [0.5, 0.6) is 0 Å². The van der Waals surface area contributed by atoms with E-state index >= 15 is 0 Å². The van der Waals surface area contributed by atoms with Gasteiger partial charge < -0.3 is 20.6 Å². The molecule has 0 radical (unpaired) electrons. The van der Waals surface area contributed by atoms with Crippen LogP contribution in [0.4, 0.5) is 5.82 Å². The molecule has 1 heterocycles. The van der Waals surface area contributed by atoms with Crippen LogP contribution in [0.2, 0.25) is 0 Å². The number of fused-ring (bicyclic) bond motifs is 1. The van der Waals surface area contributed by atoms with Crippen LogP contribution in [0, 0.1) is 0 Å². The van der Waals surface area contributed by atoms with Gasteiger partial charge in [0, 0.05) is 33.0 Å². The van der Waals surface area contributed by atoms with Gasteiger partial charge in [-0.05, 0) is 43.7 Å². The van der Waals surface area contributed by atoms with Gasteiger partial charge in [0.05, 0.1) is 5.56 Å². The van der Waals surface area contributed by atoms with Gasteiger partial charge in [-0.3, -0.25) is 0 Å². The summed E-state index contributed by atoms with van der Waals surface area (Å²) in [6.45, 7) is 1.51. The van der Waals surface area contributed by atoms with E-state index in [4.69, 9.17) is 20.7 Å². The van der Waals surface area contributed by atoms with Crippen molar-refractivity contribution < 1.29 is 9.94 Å². The molecule has 0 spiro atoms. The molecule has 1 aliphatic carbocycles. The number of methoxy groups -OCH3 is 1. The number of anilines is 1. The Morgan fingerprint density at radius 3 is 2.95 bits per heavy atom. The van der Waals surface area contributed by atoms with Gasteiger partial charge >= 0.3 is 0 Å². The van der Waals surface area contributed by atoms with Crippen molar-refractivity contribution in [2.75, 3.05) is 32.2 Å². The average molecular weight is 292 g/mol. The number of hydrogen-bond donors (Lipinski definition) is 2. The molecule has 1 aliphatic rings. The fourth-order valence-corrected chi connectivity index (χ4v) is 2.71. The van der Waals surface area contributed by atoms with Gasteiger partial charge in [-0.2, -0.15) is 0 Å². The van der Waals surface area contributed by atoms with E-state index in [1.165, 1.54) is 18.4 Å². The van der Waals surface area contributed by atoms with Gasteiger partial charge in [0.25, 0.3) is 0 Å². The Morgan fingerprint density at radius 2 is 2.24 bits per heavy atom. The second-order valence-electron chi connectivity index (χ2n) is 5.43. The third kappa shape index (κ3) is 3.64. The van der Waals surface area contributed by atoms with E-state index in [0.717, 1.165) is 37.3 Å². The first-order valence-electron chi connectivity index (χ1n) is 7.38. The SMILES string of the molecule is COCCCN(C)c1nc2c(cc1C(N)=NO)CCCC2. The number of nitrogens with two attached hydrogens (primary N) is 1. The molecule has 1 aromatic rings. The number of amidine groups is 1. The molecule has 116 valence electrons. The summed E-state index contributed by atoms with van der Waals surface area (Å²) in [7, 11) is 3.67. The number of nitrogens with zero attached hydrogens (tertiary/aromatic N) is 3. The third-order valence-electron chi connectivity index (χ3n) is 3.87. The molecule has 6 nitrogen and oxygen atoms in total. The van der Waals surface area contributed by atoms with Gasteiger partial charge in [-0.25, -0.2) is 4.98 Å². The second kappa shape index (κ2) is 7.26. The van der Waals surface area contributed by atoms with E-state index in [1.54, 1.807) is 7.11 Å². The van der Waals surface area contributed by atoms with Crippen molar-refractivity contribution >= 4 is 11.7 Å². The van der Waals surface area contributed by atoms with Crippen molar-refractivity contribution in [1.82, 2.24) is 4.98 Å². The van der Waals surface area contributed by atoms with Gasteiger partial charge in [0.15, 0.2) is 5.84 Å². The largest absolute Gasteiger partial charge is 0.409 e. The fourth-order valence-electron chi connectivity index (χ4n) is 2.71. The van der Waals surface area contributed by atoms with Crippen LogP contribution >= 0.6 is 0 Å². The lowest BCUT2D eigenvalue weighted by molar-refractivity contribution is 0.196. The zero-order valence-electron chi connectivity index (χ0n) is 12.8. The van der Waals surface area contributed by atoms with Crippen molar-refractivity contribution in [3.8, 4) is 0 Å². The van der Waals surface area contributed by atoms with Crippen molar-refractivity contribution in [3.63, 3.8) is 0 Å². The summed E-state index contributed by atoms with van der Waals surface area (Å²) < 4.78 is 5.08. The number of aryl methyl sites for hydroxylation is 2. The number of pyridine rings is 1. The van der Waals surface area contributed by atoms with Crippen LogP contribution in [-0.4, -0.2) is 43.3 Å².